The van der Waals surface area contributed by atoms with Crippen molar-refractivity contribution in [3.8, 4) is 0 Å². The number of carbonyl (C=O) groups is 1. The fourth-order valence-corrected chi connectivity index (χ4v) is 1.23. The number of rotatable bonds is 5. The van der Waals surface area contributed by atoms with Crippen LogP contribution in [0.4, 0.5) is 0 Å². The van der Waals surface area contributed by atoms with E-state index in [0.717, 1.165) is 24.9 Å². The highest BCUT2D eigenvalue weighted by Gasteiger charge is 1.95. The monoisotopic (exact) mass is 178 g/mol. The highest BCUT2D eigenvalue weighted by atomic mass is 16.5. The summed E-state index contributed by atoms with van der Waals surface area (Å²) in [6, 6.07) is 8.04. The quantitative estimate of drug-likeness (QED) is 0.640. The second-order valence-corrected chi connectivity index (χ2v) is 2.93. The molecule has 2 nitrogen and oxygen atoms in total. The molecule has 2 heteroatoms. The first kappa shape index (κ1) is 9.93. The van der Waals surface area contributed by atoms with Gasteiger partial charge in [0, 0.05) is 13.5 Å². The second-order valence-electron chi connectivity index (χ2n) is 2.93. The minimum absolute atomic E-state index is 0.501. The van der Waals surface area contributed by atoms with Gasteiger partial charge < -0.3 is 9.53 Å². The van der Waals surface area contributed by atoms with Gasteiger partial charge in [0.15, 0.2) is 0 Å². The van der Waals surface area contributed by atoms with Crippen molar-refractivity contribution in [1.29, 1.82) is 0 Å². The fraction of sp³-hybridized carbons (Fsp3) is 0.364. The topological polar surface area (TPSA) is 26.3 Å². The van der Waals surface area contributed by atoms with Gasteiger partial charge in [0.1, 0.15) is 6.29 Å². The maximum Gasteiger partial charge on any atom is 0.124 e. The lowest BCUT2D eigenvalue weighted by Gasteiger charge is -2.01. The maximum absolute atomic E-state index is 10.3. The van der Waals surface area contributed by atoms with E-state index in [9.17, 15) is 4.79 Å². The van der Waals surface area contributed by atoms with E-state index >= 15 is 0 Å². The minimum Gasteiger partial charge on any atom is -0.384 e. The van der Waals surface area contributed by atoms with Gasteiger partial charge in [-0.1, -0.05) is 24.3 Å². The van der Waals surface area contributed by atoms with Gasteiger partial charge in [-0.3, -0.25) is 0 Å². The molecule has 0 N–H and O–H groups in total. The van der Waals surface area contributed by atoms with Crippen molar-refractivity contribution < 1.29 is 9.53 Å². The standard InChI is InChI=1S/C11H14O2/c1-13-8-6-11-4-2-3-10(9-11)5-7-12/h2-4,7,9H,5-6,8H2,1H3. The SMILES string of the molecule is COCCc1cccc(CC=O)c1. The van der Waals surface area contributed by atoms with E-state index in [4.69, 9.17) is 4.74 Å². The summed E-state index contributed by atoms with van der Waals surface area (Å²) < 4.78 is 4.98. The lowest BCUT2D eigenvalue weighted by Crippen LogP contribution is -1.95. The van der Waals surface area contributed by atoms with Crippen LogP contribution in [0.15, 0.2) is 24.3 Å². The first-order valence-electron chi connectivity index (χ1n) is 4.37. The Morgan fingerprint density at radius 2 is 2.15 bits per heavy atom. The number of benzene rings is 1. The van der Waals surface area contributed by atoms with Crippen LogP contribution in [0.1, 0.15) is 11.1 Å². The molecule has 13 heavy (non-hydrogen) atoms. The predicted octanol–water partition coefficient (Wildman–Crippen LogP) is 1.62. The average Bonchev–Trinajstić information content (AvgIpc) is 2.16. The smallest absolute Gasteiger partial charge is 0.124 e. The summed E-state index contributed by atoms with van der Waals surface area (Å²) in [5, 5.41) is 0. The molecule has 70 valence electrons. The molecule has 0 spiro atoms. The Hall–Kier alpha value is -1.15. The van der Waals surface area contributed by atoms with Crippen LogP contribution in [0.2, 0.25) is 0 Å². The van der Waals surface area contributed by atoms with Gasteiger partial charge in [-0.15, -0.1) is 0 Å². The highest BCUT2D eigenvalue weighted by molar-refractivity contribution is 5.55. The largest absolute Gasteiger partial charge is 0.384 e. The zero-order valence-electron chi connectivity index (χ0n) is 7.82. The molecule has 0 atom stereocenters. The Bertz CT molecular complexity index is 269. The number of methoxy groups -OCH3 is 1. The molecular weight excluding hydrogens is 164 g/mol. The molecule has 1 aromatic carbocycles. The van der Waals surface area contributed by atoms with E-state index in [2.05, 4.69) is 0 Å². The van der Waals surface area contributed by atoms with Crippen LogP contribution in [0.5, 0.6) is 0 Å². The molecule has 0 saturated carbocycles. The van der Waals surface area contributed by atoms with Crippen LogP contribution in [0.25, 0.3) is 0 Å². The average molecular weight is 178 g/mol. The van der Waals surface area contributed by atoms with E-state index < -0.39 is 0 Å². The highest BCUT2D eigenvalue weighted by Crippen LogP contribution is 2.05. The zero-order valence-corrected chi connectivity index (χ0v) is 7.82. The third kappa shape index (κ3) is 3.38. The van der Waals surface area contributed by atoms with Gasteiger partial charge in [-0.2, -0.15) is 0 Å². The number of aldehydes is 1. The van der Waals surface area contributed by atoms with Crippen molar-refractivity contribution in [2.24, 2.45) is 0 Å². The molecule has 0 unspecified atom stereocenters. The summed E-state index contributed by atoms with van der Waals surface area (Å²) in [6.45, 7) is 0.727. The first-order chi connectivity index (χ1) is 6.36. The van der Waals surface area contributed by atoms with Crippen molar-refractivity contribution >= 4 is 6.29 Å². The molecule has 0 amide bonds. The Morgan fingerprint density at radius 3 is 2.85 bits per heavy atom. The molecule has 0 aliphatic carbocycles. The molecule has 0 heterocycles. The number of hydrogen-bond donors (Lipinski definition) is 0. The number of carbonyl (C=O) groups excluding carboxylic acids is 1. The van der Waals surface area contributed by atoms with Gasteiger partial charge in [-0.05, 0) is 17.5 Å². The fourth-order valence-electron chi connectivity index (χ4n) is 1.23. The summed E-state index contributed by atoms with van der Waals surface area (Å²) in [6.07, 6.45) is 2.33. The third-order valence-corrected chi connectivity index (χ3v) is 1.91. The molecular formula is C11H14O2. The zero-order chi connectivity index (χ0) is 9.52. The Balaban J connectivity index is 2.61. The number of ether oxygens (including phenoxy) is 1. The normalized spacial score (nSPS) is 9.92. The van der Waals surface area contributed by atoms with E-state index in [-0.39, 0.29) is 0 Å². The molecule has 1 rings (SSSR count). The van der Waals surface area contributed by atoms with E-state index in [1.807, 2.05) is 24.3 Å². The molecule has 0 aromatic heterocycles. The Labute approximate surface area is 78.5 Å². The van der Waals surface area contributed by atoms with Crippen LogP contribution in [0, 0.1) is 0 Å². The maximum atomic E-state index is 10.3. The van der Waals surface area contributed by atoms with Crippen molar-refractivity contribution in [3.63, 3.8) is 0 Å². The van der Waals surface area contributed by atoms with Crippen LogP contribution in [-0.2, 0) is 22.4 Å². The molecule has 0 bridgehead atoms. The predicted molar refractivity (Wildman–Crippen MR) is 51.8 cm³/mol. The summed E-state index contributed by atoms with van der Waals surface area (Å²) >= 11 is 0. The Morgan fingerprint density at radius 1 is 1.38 bits per heavy atom. The molecule has 1 aromatic rings. The molecule has 0 aliphatic heterocycles. The Kier molecular flexibility index (Phi) is 4.19. The van der Waals surface area contributed by atoms with Crippen molar-refractivity contribution in [3.05, 3.63) is 35.4 Å². The second kappa shape index (κ2) is 5.49. The van der Waals surface area contributed by atoms with Crippen molar-refractivity contribution in [1.82, 2.24) is 0 Å². The molecule has 0 saturated heterocycles. The summed E-state index contributed by atoms with van der Waals surface area (Å²) in [4.78, 5) is 10.3. The van der Waals surface area contributed by atoms with Crippen molar-refractivity contribution in [2.75, 3.05) is 13.7 Å². The lowest BCUT2D eigenvalue weighted by atomic mass is 10.1. The third-order valence-electron chi connectivity index (χ3n) is 1.91. The van der Waals surface area contributed by atoms with E-state index in [1.165, 1.54) is 5.56 Å². The van der Waals surface area contributed by atoms with Gasteiger partial charge in [0.05, 0.1) is 6.61 Å². The minimum atomic E-state index is 0.501. The van der Waals surface area contributed by atoms with Gasteiger partial charge in [0.25, 0.3) is 0 Å². The lowest BCUT2D eigenvalue weighted by molar-refractivity contribution is -0.107. The molecule has 0 radical (unpaired) electrons. The summed E-state index contributed by atoms with van der Waals surface area (Å²) in [7, 11) is 1.69. The van der Waals surface area contributed by atoms with Gasteiger partial charge in [0.2, 0.25) is 0 Å². The van der Waals surface area contributed by atoms with Crippen LogP contribution in [0.3, 0.4) is 0 Å². The van der Waals surface area contributed by atoms with E-state index in [1.54, 1.807) is 7.11 Å². The first-order valence-corrected chi connectivity index (χ1v) is 4.37. The summed E-state index contributed by atoms with van der Waals surface area (Å²) in [5.74, 6) is 0. The van der Waals surface area contributed by atoms with Crippen LogP contribution in [-0.4, -0.2) is 20.0 Å². The molecule has 0 fully saturated rings. The van der Waals surface area contributed by atoms with E-state index in [0.29, 0.717) is 6.42 Å². The molecule has 0 aliphatic rings. The number of hydrogen-bond acceptors (Lipinski definition) is 2. The van der Waals surface area contributed by atoms with Crippen LogP contribution >= 0.6 is 0 Å². The van der Waals surface area contributed by atoms with Crippen molar-refractivity contribution in [2.45, 2.75) is 12.8 Å². The summed E-state index contributed by atoms with van der Waals surface area (Å²) in [5.41, 5.74) is 2.30. The van der Waals surface area contributed by atoms with Gasteiger partial charge >= 0.3 is 0 Å². The van der Waals surface area contributed by atoms with Crippen LogP contribution < -0.4 is 0 Å². The van der Waals surface area contributed by atoms with Gasteiger partial charge in [-0.25, -0.2) is 0 Å².